The number of methoxy groups -OCH3 is 2. The zero-order valence-corrected chi connectivity index (χ0v) is 43.8. The molecule has 4 aliphatic heterocycles. The van der Waals surface area contributed by atoms with E-state index in [2.05, 4.69) is 27.4 Å². The van der Waals surface area contributed by atoms with Gasteiger partial charge in [0.2, 0.25) is 11.8 Å². The average molecular weight is 1070 g/mol. The highest BCUT2D eigenvalue weighted by Crippen LogP contribution is 2.66. The fourth-order valence-corrected chi connectivity index (χ4v) is 11.6. The molecule has 0 saturated carbocycles. The van der Waals surface area contributed by atoms with Crippen molar-refractivity contribution in [2.75, 3.05) is 68.9 Å². The number of aliphatic hydroxyl groups excluding tert-OH is 1. The molecule has 3 N–H and O–H groups in total. The van der Waals surface area contributed by atoms with Gasteiger partial charge in [0.1, 0.15) is 29.9 Å². The quantitative estimate of drug-likeness (QED) is 0.0422. The first kappa shape index (κ1) is 53.6. The van der Waals surface area contributed by atoms with Crippen molar-refractivity contribution in [1.82, 2.24) is 10.2 Å². The van der Waals surface area contributed by atoms with Crippen LogP contribution in [0.25, 0.3) is 0 Å². The van der Waals surface area contributed by atoms with Gasteiger partial charge in [0, 0.05) is 36.4 Å². The van der Waals surface area contributed by atoms with Gasteiger partial charge in [-0.2, -0.15) is 0 Å². The van der Waals surface area contributed by atoms with Crippen LogP contribution in [0.4, 0.5) is 21.9 Å². The molecule has 6 aromatic carbocycles. The van der Waals surface area contributed by atoms with E-state index in [1.54, 1.807) is 61.5 Å². The standard InChI is InChI=1S/C62H59N5O12/c1-39(41-16-7-4-8-17-41)63-61(74)66-50-30-25-40(15-13-24-48(57(70)75-2)58(71)76-3)37-49(50)62(60(66)73)51(56(69)64-45-26-28-46(29-27-45)65-31-34-77-35-32-65)53-59(72)79-54(43-20-11-6-12-21-43)52(42-18-9-5-10-19-42)67(53)55(62)44-22-14-23-47(38-44)78-36-33-68/h4-12,14,16-23,25-30,37-39,48,51-55,68H,24,31-36H2,1-3H3,(H,63,74)(H,64,69)/t39-,51-,52-,53-,54+,55+,62-/m1/s1. The van der Waals surface area contributed by atoms with Crippen LogP contribution in [-0.4, -0.2) is 106 Å². The van der Waals surface area contributed by atoms with E-state index in [4.69, 9.17) is 23.7 Å². The van der Waals surface area contributed by atoms with Gasteiger partial charge in [-0.15, -0.1) is 0 Å². The van der Waals surface area contributed by atoms with Crippen molar-refractivity contribution in [1.29, 1.82) is 0 Å². The number of carbonyl (C=O) groups is 6. The van der Waals surface area contributed by atoms with Crippen molar-refractivity contribution in [3.8, 4) is 17.6 Å². The average Bonchev–Trinajstić information content (AvgIpc) is 2.02. The molecule has 0 aromatic heterocycles. The van der Waals surface area contributed by atoms with Crippen LogP contribution in [0.15, 0.2) is 158 Å². The van der Waals surface area contributed by atoms with E-state index < -0.39 is 83.3 Å². The number of esters is 3. The Kier molecular flexibility index (Phi) is 15.9. The first-order valence-electron chi connectivity index (χ1n) is 26.1. The SMILES string of the molecule is COC(=O)C(CC#Cc1ccc2c(c1)[C@]1(C(=O)N2C(=O)N[C@H](C)c2ccccc2)[C@H](c2cccc(OCCO)c2)N2[C@H](c3ccccc3)[C@H](c3ccccc3)OC(=O)[C@H]2[C@@H]1C(=O)Nc1ccc(N2CCOCC2)cc1)C(=O)OC. The Labute approximate surface area is 457 Å². The zero-order valence-electron chi connectivity index (χ0n) is 43.8. The van der Waals surface area contributed by atoms with Gasteiger partial charge in [0.05, 0.1) is 63.8 Å². The predicted molar refractivity (Wildman–Crippen MR) is 291 cm³/mol. The van der Waals surface area contributed by atoms with Crippen molar-refractivity contribution < 1.29 is 57.6 Å². The number of hydrogen-bond acceptors (Lipinski definition) is 14. The van der Waals surface area contributed by atoms with E-state index in [1.807, 2.05) is 108 Å². The molecule has 3 saturated heterocycles. The van der Waals surface area contributed by atoms with Gasteiger partial charge < -0.3 is 44.3 Å². The third kappa shape index (κ3) is 10.3. The van der Waals surface area contributed by atoms with E-state index >= 15 is 19.2 Å². The van der Waals surface area contributed by atoms with Gasteiger partial charge in [-0.25, -0.2) is 9.69 Å². The first-order chi connectivity index (χ1) is 38.5. The third-order valence-corrected chi connectivity index (χ3v) is 15.1. The molecule has 0 radical (unpaired) electrons. The van der Waals surface area contributed by atoms with Crippen LogP contribution in [0, 0.1) is 23.7 Å². The highest BCUT2D eigenvalue weighted by atomic mass is 16.6. The lowest BCUT2D eigenvalue weighted by atomic mass is 9.65. The van der Waals surface area contributed by atoms with Crippen LogP contribution in [-0.2, 0) is 48.3 Å². The number of imide groups is 1. The van der Waals surface area contributed by atoms with Crippen molar-refractivity contribution >= 4 is 52.8 Å². The van der Waals surface area contributed by atoms with E-state index in [-0.39, 0.29) is 36.4 Å². The molecule has 404 valence electrons. The maximum Gasteiger partial charge on any atom is 0.329 e. The molecular formula is C62H59N5O12. The summed E-state index contributed by atoms with van der Waals surface area (Å²) in [5.41, 5.74) is 2.22. The molecule has 4 heterocycles. The summed E-state index contributed by atoms with van der Waals surface area (Å²) in [6.07, 6.45) is -1.29. The first-order valence-corrected chi connectivity index (χ1v) is 26.1. The molecule has 3 fully saturated rings. The monoisotopic (exact) mass is 1070 g/mol. The molecule has 4 amide bonds. The Hall–Kier alpha value is -8.82. The van der Waals surface area contributed by atoms with Gasteiger partial charge in [0.15, 0.2) is 5.92 Å². The van der Waals surface area contributed by atoms with Gasteiger partial charge >= 0.3 is 23.9 Å². The second-order valence-electron chi connectivity index (χ2n) is 19.6. The number of rotatable bonds is 14. The Bertz CT molecular complexity index is 3280. The van der Waals surface area contributed by atoms with Crippen LogP contribution in [0.1, 0.15) is 71.0 Å². The summed E-state index contributed by atoms with van der Waals surface area (Å²) >= 11 is 0. The van der Waals surface area contributed by atoms with E-state index in [9.17, 15) is 14.7 Å². The van der Waals surface area contributed by atoms with Crippen molar-refractivity contribution in [2.45, 2.75) is 49.0 Å². The number of nitrogens with zero attached hydrogens (tertiary/aromatic N) is 3. The van der Waals surface area contributed by atoms with Gasteiger partial charge in [-0.1, -0.05) is 115 Å². The number of benzene rings is 6. The van der Waals surface area contributed by atoms with Crippen LogP contribution in [0.5, 0.6) is 5.75 Å². The summed E-state index contributed by atoms with van der Waals surface area (Å²) < 4.78 is 28.1. The summed E-state index contributed by atoms with van der Waals surface area (Å²) in [7, 11) is 2.30. The van der Waals surface area contributed by atoms with E-state index in [1.165, 1.54) is 0 Å². The smallest absolute Gasteiger partial charge is 0.329 e. The summed E-state index contributed by atoms with van der Waals surface area (Å²) in [6, 6.07) is 41.8. The lowest BCUT2D eigenvalue weighted by molar-refractivity contribution is -0.178. The van der Waals surface area contributed by atoms with Crippen LogP contribution in [0.2, 0.25) is 0 Å². The van der Waals surface area contributed by atoms with Crippen molar-refractivity contribution in [3.63, 3.8) is 0 Å². The number of urea groups is 1. The number of anilines is 3. The Morgan fingerprint density at radius 2 is 1.41 bits per heavy atom. The summed E-state index contributed by atoms with van der Waals surface area (Å²) in [4.78, 5) is 94.9. The molecule has 6 aromatic rings. The molecule has 0 bridgehead atoms. The number of amides is 4. The molecule has 17 nitrogen and oxygen atoms in total. The highest BCUT2D eigenvalue weighted by Gasteiger charge is 2.75. The molecule has 79 heavy (non-hydrogen) atoms. The number of cyclic esters (lactones) is 1. The molecule has 10 rings (SSSR count). The minimum atomic E-state index is -2.18. The maximum atomic E-state index is 16.9. The number of nitrogens with one attached hydrogen (secondary N) is 2. The van der Waals surface area contributed by atoms with Gasteiger partial charge in [-0.3, -0.25) is 28.9 Å². The number of hydrogen-bond donors (Lipinski definition) is 3. The van der Waals surface area contributed by atoms with Crippen molar-refractivity contribution in [3.05, 3.63) is 191 Å². The number of aliphatic hydroxyl groups is 1. The Balaban J connectivity index is 1.23. The third-order valence-electron chi connectivity index (χ3n) is 15.1. The topological polar surface area (TPSA) is 203 Å². The molecule has 17 heteroatoms. The van der Waals surface area contributed by atoms with Gasteiger partial charge in [0.25, 0.3) is 0 Å². The lowest BCUT2D eigenvalue weighted by Crippen LogP contribution is -2.55. The summed E-state index contributed by atoms with van der Waals surface area (Å²) in [6.45, 7) is 3.90. The minimum Gasteiger partial charge on any atom is -0.491 e. The second kappa shape index (κ2) is 23.4. The fraction of sp³-hybridized carbons (Fsp3) is 0.290. The van der Waals surface area contributed by atoms with Crippen LogP contribution >= 0.6 is 0 Å². The molecule has 0 aliphatic carbocycles. The Morgan fingerprint density at radius 1 is 0.759 bits per heavy atom. The largest absolute Gasteiger partial charge is 0.491 e. The zero-order chi connectivity index (χ0) is 55.2. The maximum absolute atomic E-state index is 16.9. The normalized spacial score (nSPS) is 21.7. The molecule has 7 atom stereocenters. The summed E-state index contributed by atoms with van der Waals surface area (Å²) in [5, 5.41) is 16.1. The van der Waals surface area contributed by atoms with Crippen molar-refractivity contribution in [2.24, 2.45) is 11.8 Å². The number of ether oxygens (including phenoxy) is 5. The van der Waals surface area contributed by atoms with Crippen LogP contribution in [0.3, 0.4) is 0 Å². The predicted octanol–water partition coefficient (Wildman–Crippen LogP) is 7.37. The Morgan fingerprint density at radius 3 is 2.06 bits per heavy atom. The van der Waals surface area contributed by atoms with E-state index in [0.717, 1.165) is 30.4 Å². The lowest BCUT2D eigenvalue weighted by Gasteiger charge is -2.46. The fourth-order valence-electron chi connectivity index (χ4n) is 11.6. The molecular weight excluding hydrogens is 1010 g/mol. The highest BCUT2D eigenvalue weighted by molar-refractivity contribution is 6.25. The second-order valence-corrected chi connectivity index (χ2v) is 19.6. The number of morpholine rings is 2. The molecule has 0 unspecified atom stereocenters. The number of fused-ring (bicyclic) bond motifs is 3. The molecule has 4 aliphatic rings. The summed E-state index contributed by atoms with van der Waals surface area (Å²) in [5.74, 6) is -0.745. The van der Waals surface area contributed by atoms with E-state index in [0.29, 0.717) is 54.4 Å². The molecule has 1 spiro atoms. The van der Waals surface area contributed by atoms with Gasteiger partial charge in [-0.05, 0) is 89.3 Å². The number of carbonyl (C=O) groups excluding carboxylic acids is 6. The van der Waals surface area contributed by atoms with Crippen LogP contribution < -0.4 is 25.2 Å². The minimum absolute atomic E-state index is 0.0693.